The number of fused-ring (bicyclic) bond motifs is 1. The highest BCUT2D eigenvalue weighted by molar-refractivity contribution is 7.89. The summed E-state index contributed by atoms with van der Waals surface area (Å²) in [5.74, 6) is 0.388. The lowest BCUT2D eigenvalue weighted by Gasteiger charge is -2.31. The fraction of sp³-hybridized carbons (Fsp3) is 0.292. The highest BCUT2D eigenvalue weighted by atomic mass is 32.2. The summed E-state index contributed by atoms with van der Waals surface area (Å²) in [5, 5.41) is 8.13. The van der Waals surface area contributed by atoms with E-state index in [-0.39, 0.29) is 17.3 Å². The van der Waals surface area contributed by atoms with Crippen LogP contribution in [0, 0.1) is 12.8 Å². The maximum atomic E-state index is 13.2. The Labute approximate surface area is 207 Å². The Hall–Kier alpha value is -3.28. The molecule has 3 heterocycles. The molecule has 1 atom stereocenters. The standard InChI is InChI=1S/C24H25N5O4S2/c1-16-14-22(29(27-16)24-25-20-7-3-4-8-21(20)34-24)26-23(30)17-6-5-13-28(15-17)35(31,32)19-11-9-18(33-2)10-12-19/h3-4,7-12,14,17H,5-6,13,15H2,1-2H3,(H,26,30). The first kappa shape index (κ1) is 23.5. The van der Waals surface area contributed by atoms with E-state index in [2.05, 4.69) is 15.4 Å². The molecule has 1 aliphatic heterocycles. The van der Waals surface area contributed by atoms with Crippen molar-refractivity contribution in [1.82, 2.24) is 19.1 Å². The Bertz CT molecular complexity index is 1440. The van der Waals surface area contributed by atoms with Gasteiger partial charge in [-0.05, 0) is 56.2 Å². The van der Waals surface area contributed by atoms with E-state index in [0.717, 1.165) is 15.9 Å². The van der Waals surface area contributed by atoms with Gasteiger partial charge in [-0.3, -0.25) is 4.79 Å². The van der Waals surface area contributed by atoms with Gasteiger partial charge in [0.1, 0.15) is 11.6 Å². The van der Waals surface area contributed by atoms with E-state index in [0.29, 0.717) is 36.1 Å². The van der Waals surface area contributed by atoms with Crippen molar-refractivity contribution in [2.75, 3.05) is 25.5 Å². The van der Waals surface area contributed by atoms with Gasteiger partial charge in [0.15, 0.2) is 0 Å². The van der Waals surface area contributed by atoms with E-state index < -0.39 is 15.9 Å². The van der Waals surface area contributed by atoms with Crippen molar-refractivity contribution >= 4 is 43.3 Å². The number of sulfonamides is 1. The minimum atomic E-state index is -3.72. The molecule has 1 amide bonds. The van der Waals surface area contributed by atoms with Crippen molar-refractivity contribution < 1.29 is 17.9 Å². The molecule has 2 aromatic carbocycles. The molecule has 11 heteroatoms. The molecule has 2 aromatic heterocycles. The van der Waals surface area contributed by atoms with Gasteiger partial charge < -0.3 is 10.1 Å². The van der Waals surface area contributed by atoms with Crippen LogP contribution in [0.3, 0.4) is 0 Å². The molecular formula is C24H25N5O4S2. The molecule has 1 fully saturated rings. The molecule has 0 saturated carbocycles. The van der Waals surface area contributed by atoms with Crippen LogP contribution in [0.2, 0.25) is 0 Å². The van der Waals surface area contributed by atoms with Crippen LogP contribution >= 0.6 is 11.3 Å². The fourth-order valence-corrected chi connectivity index (χ4v) is 6.64. The van der Waals surface area contributed by atoms with Crippen molar-refractivity contribution in [1.29, 1.82) is 0 Å². The van der Waals surface area contributed by atoms with E-state index in [1.54, 1.807) is 22.9 Å². The molecule has 1 N–H and O–H groups in total. The SMILES string of the molecule is COc1ccc(S(=O)(=O)N2CCCC(C(=O)Nc3cc(C)nn3-c3nc4ccccc4s3)C2)cc1. The monoisotopic (exact) mass is 511 g/mol. The number of para-hydroxylation sites is 1. The number of ether oxygens (including phenoxy) is 1. The predicted molar refractivity (Wildman–Crippen MR) is 135 cm³/mol. The summed E-state index contributed by atoms with van der Waals surface area (Å²) in [5.41, 5.74) is 1.61. The van der Waals surface area contributed by atoms with E-state index >= 15 is 0 Å². The van der Waals surface area contributed by atoms with Crippen molar-refractivity contribution in [3.63, 3.8) is 0 Å². The molecule has 0 radical (unpaired) electrons. The second-order valence-corrected chi connectivity index (χ2v) is 11.4. The third-order valence-corrected chi connectivity index (χ3v) is 8.89. The van der Waals surface area contributed by atoms with E-state index in [4.69, 9.17) is 4.74 Å². The first-order chi connectivity index (χ1) is 16.8. The highest BCUT2D eigenvalue weighted by Gasteiger charge is 2.33. The van der Waals surface area contributed by atoms with Gasteiger partial charge in [0.05, 0.1) is 33.8 Å². The zero-order valence-electron chi connectivity index (χ0n) is 19.3. The molecule has 0 aliphatic carbocycles. The molecule has 1 saturated heterocycles. The lowest BCUT2D eigenvalue weighted by Crippen LogP contribution is -2.43. The molecule has 1 unspecified atom stereocenters. The summed E-state index contributed by atoms with van der Waals surface area (Å²) >= 11 is 1.49. The van der Waals surface area contributed by atoms with E-state index in [1.165, 1.54) is 34.9 Å². The summed E-state index contributed by atoms with van der Waals surface area (Å²) in [6.07, 6.45) is 1.21. The van der Waals surface area contributed by atoms with Crippen molar-refractivity contribution in [2.45, 2.75) is 24.7 Å². The van der Waals surface area contributed by atoms with Gasteiger partial charge in [0.25, 0.3) is 0 Å². The fourth-order valence-electron chi connectivity index (χ4n) is 4.18. The number of methoxy groups -OCH3 is 1. The second kappa shape index (κ2) is 9.40. The normalized spacial score (nSPS) is 16.9. The molecule has 0 spiro atoms. The summed E-state index contributed by atoms with van der Waals surface area (Å²) in [7, 11) is -2.19. The largest absolute Gasteiger partial charge is 0.497 e. The summed E-state index contributed by atoms with van der Waals surface area (Å²) in [4.78, 5) is 18.0. The van der Waals surface area contributed by atoms with Gasteiger partial charge in [0.2, 0.25) is 21.1 Å². The van der Waals surface area contributed by atoms with E-state index in [1.807, 2.05) is 31.2 Å². The second-order valence-electron chi connectivity index (χ2n) is 8.41. The number of rotatable bonds is 6. The molecule has 9 nitrogen and oxygen atoms in total. The number of aryl methyl sites for hydroxylation is 1. The number of thiazole rings is 1. The van der Waals surface area contributed by atoms with Gasteiger partial charge in [0, 0.05) is 19.2 Å². The van der Waals surface area contributed by atoms with Crippen molar-refractivity contribution in [3.8, 4) is 10.9 Å². The quantitative estimate of drug-likeness (QED) is 0.422. The molecule has 182 valence electrons. The third kappa shape index (κ3) is 4.66. The number of hydrogen-bond donors (Lipinski definition) is 1. The number of nitrogens with one attached hydrogen (secondary N) is 1. The molecule has 35 heavy (non-hydrogen) atoms. The highest BCUT2D eigenvalue weighted by Crippen LogP contribution is 2.29. The van der Waals surface area contributed by atoms with Gasteiger partial charge in [-0.2, -0.15) is 14.1 Å². The van der Waals surface area contributed by atoms with Crippen LogP contribution in [0.25, 0.3) is 15.3 Å². The van der Waals surface area contributed by atoms with E-state index in [9.17, 15) is 13.2 Å². The first-order valence-electron chi connectivity index (χ1n) is 11.2. The smallest absolute Gasteiger partial charge is 0.243 e. The number of aromatic nitrogens is 3. The van der Waals surface area contributed by atoms with Crippen molar-refractivity contribution in [3.05, 3.63) is 60.3 Å². The Morgan fingerprint density at radius 1 is 1.17 bits per heavy atom. The minimum absolute atomic E-state index is 0.119. The topological polar surface area (TPSA) is 106 Å². The molecule has 0 bridgehead atoms. The number of amides is 1. The molecule has 1 aliphatic rings. The Kier molecular flexibility index (Phi) is 6.30. The number of nitrogens with zero attached hydrogens (tertiary/aromatic N) is 4. The average molecular weight is 512 g/mol. The maximum absolute atomic E-state index is 13.2. The van der Waals surface area contributed by atoms with Crippen LogP contribution in [0.5, 0.6) is 5.75 Å². The summed E-state index contributed by atoms with van der Waals surface area (Å²) in [6, 6.07) is 15.9. The number of anilines is 1. The predicted octanol–water partition coefficient (Wildman–Crippen LogP) is 3.84. The van der Waals surface area contributed by atoms with Crippen LogP contribution in [-0.4, -0.2) is 53.6 Å². The maximum Gasteiger partial charge on any atom is 0.243 e. The summed E-state index contributed by atoms with van der Waals surface area (Å²) < 4.78 is 35.5. The zero-order valence-corrected chi connectivity index (χ0v) is 21.0. The summed E-state index contributed by atoms with van der Waals surface area (Å²) in [6.45, 7) is 2.35. The van der Waals surface area contributed by atoms with Gasteiger partial charge >= 0.3 is 0 Å². The number of carbonyl (C=O) groups is 1. The van der Waals surface area contributed by atoms with Gasteiger partial charge in [-0.15, -0.1) is 0 Å². The average Bonchev–Trinajstić information content (AvgIpc) is 3.47. The van der Waals surface area contributed by atoms with Gasteiger partial charge in [-0.25, -0.2) is 13.4 Å². The zero-order chi connectivity index (χ0) is 24.6. The molecule has 4 aromatic rings. The van der Waals surface area contributed by atoms with Crippen LogP contribution in [0.15, 0.2) is 59.5 Å². The molecule has 5 rings (SSSR count). The number of hydrogen-bond acceptors (Lipinski definition) is 7. The molecular weight excluding hydrogens is 486 g/mol. The van der Waals surface area contributed by atoms with Crippen LogP contribution in [0.4, 0.5) is 5.82 Å². The number of piperidine rings is 1. The third-order valence-electron chi connectivity index (χ3n) is 6.00. The Balaban J connectivity index is 1.34. The first-order valence-corrected chi connectivity index (χ1v) is 13.5. The number of carbonyl (C=O) groups excluding carboxylic acids is 1. The lowest BCUT2D eigenvalue weighted by atomic mass is 9.99. The lowest BCUT2D eigenvalue weighted by molar-refractivity contribution is -0.120. The minimum Gasteiger partial charge on any atom is -0.497 e. The number of benzene rings is 2. The van der Waals surface area contributed by atoms with Crippen LogP contribution < -0.4 is 10.1 Å². The Morgan fingerprint density at radius 3 is 2.69 bits per heavy atom. The van der Waals surface area contributed by atoms with Crippen LogP contribution in [0.1, 0.15) is 18.5 Å². The van der Waals surface area contributed by atoms with Crippen LogP contribution in [-0.2, 0) is 14.8 Å². The van der Waals surface area contributed by atoms with Crippen molar-refractivity contribution in [2.24, 2.45) is 5.92 Å². The Morgan fingerprint density at radius 2 is 1.94 bits per heavy atom. The van der Waals surface area contributed by atoms with Gasteiger partial charge in [-0.1, -0.05) is 23.5 Å².